The van der Waals surface area contributed by atoms with E-state index >= 15 is 0 Å². The Morgan fingerprint density at radius 2 is 2.16 bits per heavy atom. The fraction of sp³-hybridized carbons (Fsp3) is 0.294. The molecule has 3 rings (SSSR count). The number of nitrogens with zero attached hydrogens (tertiary/aromatic N) is 1. The topological polar surface area (TPSA) is 63.2 Å². The quantitative estimate of drug-likeness (QED) is 0.827. The standard InChI is InChI=1S/C17H18FN3O2.2ClH/c18-14-2-1-3-15(8-14)23-16-5-4-12(9-20-16)10-21-17(22)13-6-7-19-11-13;;/h1-5,8-9,13,19H,6-7,10-11H2,(H,21,22);2*1H. The number of aromatic nitrogens is 1. The molecule has 2 heterocycles. The molecule has 1 aliphatic rings. The molecular weight excluding hydrogens is 368 g/mol. The Bertz CT molecular complexity index is 680. The number of nitrogens with one attached hydrogen (secondary N) is 2. The summed E-state index contributed by atoms with van der Waals surface area (Å²) < 4.78 is 18.6. The van der Waals surface area contributed by atoms with E-state index in [0.717, 1.165) is 25.1 Å². The Kier molecular flexibility index (Phi) is 8.61. The van der Waals surface area contributed by atoms with Crippen LogP contribution in [0.5, 0.6) is 11.6 Å². The molecule has 2 N–H and O–H groups in total. The molecule has 0 radical (unpaired) electrons. The predicted molar refractivity (Wildman–Crippen MR) is 98.0 cm³/mol. The molecule has 1 unspecified atom stereocenters. The van der Waals surface area contributed by atoms with Crippen LogP contribution in [0.15, 0.2) is 42.6 Å². The second-order valence-electron chi connectivity index (χ2n) is 5.47. The minimum atomic E-state index is -0.358. The predicted octanol–water partition coefficient (Wildman–Crippen LogP) is 3.08. The number of carbonyl (C=O) groups excluding carboxylic acids is 1. The van der Waals surface area contributed by atoms with Gasteiger partial charge >= 0.3 is 0 Å². The molecule has 1 amide bonds. The van der Waals surface area contributed by atoms with Gasteiger partial charge in [0.05, 0.1) is 5.92 Å². The van der Waals surface area contributed by atoms with Gasteiger partial charge in [0.15, 0.2) is 0 Å². The Hall–Kier alpha value is -1.89. The summed E-state index contributed by atoms with van der Waals surface area (Å²) in [6, 6.07) is 9.41. The molecule has 1 aliphatic heterocycles. The fourth-order valence-electron chi connectivity index (χ4n) is 2.44. The normalized spacial score (nSPS) is 15.6. The first-order chi connectivity index (χ1) is 11.2. The number of benzene rings is 1. The molecule has 0 bridgehead atoms. The summed E-state index contributed by atoms with van der Waals surface area (Å²) in [5.74, 6) is 0.537. The number of pyridine rings is 1. The van der Waals surface area contributed by atoms with Crippen molar-refractivity contribution in [1.82, 2.24) is 15.6 Å². The second kappa shape index (κ2) is 10.2. The van der Waals surface area contributed by atoms with Crippen LogP contribution >= 0.6 is 24.8 Å². The van der Waals surface area contributed by atoms with Crippen molar-refractivity contribution in [3.63, 3.8) is 0 Å². The first-order valence-corrected chi connectivity index (χ1v) is 7.57. The first kappa shape index (κ1) is 21.2. The number of rotatable bonds is 5. The molecule has 25 heavy (non-hydrogen) atoms. The van der Waals surface area contributed by atoms with Gasteiger partial charge in [-0.15, -0.1) is 24.8 Å². The summed E-state index contributed by atoms with van der Waals surface area (Å²) in [6.07, 6.45) is 2.52. The molecule has 1 aromatic heterocycles. The average molecular weight is 388 g/mol. The van der Waals surface area contributed by atoms with E-state index in [1.54, 1.807) is 24.4 Å². The van der Waals surface area contributed by atoms with Crippen LogP contribution in [-0.2, 0) is 11.3 Å². The highest BCUT2D eigenvalue weighted by Crippen LogP contribution is 2.20. The van der Waals surface area contributed by atoms with Crippen LogP contribution in [0.4, 0.5) is 4.39 Å². The zero-order valence-electron chi connectivity index (χ0n) is 13.4. The van der Waals surface area contributed by atoms with E-state index in [4.69, 9.17) is 4.74 Å². The lowest BCUT2D eigenvalue weighted by Crippen LogP contribution is -2.31. The number of carbonyl (C=O) groups is 1. The molecule has 5 nitrogen and oxygen atoms in total. The van der Waals surface area contributed by atoms with Gasteiger partial charge in [-0.05, 0) is 30.7 Å². The van der Waals surface area contributed by atoms with Gasteiger partial charge in [-0.25, -0.2) is 9.37 Å². The molecule has 1 atom stereocenters. The molecular formula is C17H20Cl2FN3O2. The van der Waals surface area contributed by atoms with E-state index in [0.29, 0.717) is 18.2 Å². The lowest BCUT2D eigenvalue weighted by atomic mass is 10.1. The molecule has 0 saturated carbocycles. The largest absolute Gasteiger partial charge is 0.439 e. The Labute approximate surface area is 158 Å². The van der Waals surface area contributed by atoms with Gasteiger partial charge < -0.3 is 15.4 Å². The van der Waals surface area contributed by atoms with Crippen molar-refractivity contribution in [2.45, 2.75) is 13.0 Å². The van der Waals surface area contributed by atoms with Gasteiger partial charge in [0.1, 0.15) is 11.6 Å². The van der Waals surface area contributed by atoms with Crippen LogP contribution in [0.1, 0.15) is 12.0 Å². The van der Waals surface area contributed by atoms with Crippen LogP contribution in [0.3, 0.4) is 0 Å². The third kappa shape index (κ3) is 6.16. The minimum Gasteiger partial charge on any atom is -0.439 e. The fourth-order valence-corrected chi connectivity index (χ4v) is 2.44. The highest BCUT2D eigenvalue weighted by Gasteiger charge is 2.21. The lowest BCUT2D eigenvalue weighted by Gasteiger charge is -2.10. The van der Waals surface area contributed by atoms with E-state index in [1.807, 2.05) is 6.07 Å². The monoisotopic (exact) mass is 387 g/mol. The Balaban J connectivity index is 0.00000156. The number of halogens is 3. The summed E-state index contributed by atoms with van der Waals surface area (Å²) in [7, 11) is 0. The van der Waals surface area contributed by atoms with E-state index in [9.17, 15) is 9.18 Å². The summed E-state index contributed by atoms with van der Waals surface area (Å²) >= 11 is 0. The average Bonchev–Trinajstić information content (AvgIpc) is 3.08. The van der Waals surface area contributed by atoms with Crippen molar-refractivity contribution in [3.8, 4) is 11.6 Å². The van der Waals surface area contributed by atoms with Crippen molar-refractivity contribution in [2.75, 3.05) is 13.1 Å². The summed E-state index contributed by atoms with van der Waals surface area (Å²) in [5, 5.41) is 6.08. The molecule has 1 fully saturated rings. The summed E-state index contributed by atoms with van der Waals surface area (Å²) in [4.78, 5) is 16.1. The number of hydrogen-bond acceptors (Lipinski definition) is 4. The third-order valence-electron chi connectivity index (χ3n) is 3.71. The van der Waals surface area contributed by atoms with Crippen molar-refractivity contribution in [2.24, 2.45) is 5.92 Å². The van der Waals surface area contributed by atoms with Gasteiger partial charge in [-0.1, -0.05) is 12.1 Å². The van der Waals surface area contributed by atoms with Crippen molar-refractivity contribution < 1.29 is 13.9 Å². The van der Waals surface area contributed by atoms with E-state index < -0.39 is 0 Å². The minimum absolute atomic E-state index is 0. The number of amides is 1. The number of hydrogen-bond donors (Lipinski definition) is 2. The maximum atomic E-state index is 13.1. The smallest absolute Gasteiger partial charge is 0.224 e. The molecule has 1 aromatic carbocycles. The van der Waals surface area contributed by atoms with Crippen molar-refractivity contribution >= 4 is 30.7 Å². The Morgan fingerprint density at radius 3 is 2.80 bits per heavy atom. The van der Waals surface area contributed by atoms with Gasteiger partial charge in [0.25, 0.3) is 0 Å². The molecule has 2 aromatic rings. The van der Waals surface area contributed by atoms with Crippen LogP contribution in [0.2, 0.25) is 0 Å². The van der Waals surface area contributed by atoms with Crippen LogP contribution in [0.25, 0.3) is 0 Å². The van der Waals surface area contributed by atoms with Crippen molar-refractivity contribution in [3.05, 3.63) is 54.0 Å². The van der Waals surface area contributed by atoms with E-state index in [2.05, 4.69) is 15.6 Å². The van der Waals surface area contributed by atoms with Gasteiger partial charge in [-0.3, -0.25) is 4.79 Å². The van der Waals surface area contributed by atoms with E-state index in [-0.39, 0.29) is 42.5 Å². The maximum absolute atomic E-state index is 13.1. The molecule has 0 aliphatic carbocycles. The summed E-state index contributed by atoms with van der Waals surface area (Å²) in [6.45, 7) is 2.07. The zero-order chi connectivity index (χ0) is 16.1. The number of ether oxygens (including phenoxy) is 1. The molecule has 136 valence electrons. The molecule has 8 heteroatoms. The van der Waals surface area contributed by atoms with Gasteiger partial charge in [0, 0.05) is 31.4 Å². The van der Waals surface area contributed by atoms with Crippen LogP contribution < -0.4 is 15.4 Å². The van der Waals surface area contributed by atoms with E-state index in [1.165, 1.54) is 12.1 Å². The van der Waals surface area contributed by atoms with Crippen molar-refractivity contribution in [1.29, 1.82) is 0 Å². The zero-order valence-corrected chi connectivity index (χ0v) is 15.0. The third-order valence-corrected chi connectivity index (χ3v) is 3.71. The highest BCUT2D eigenvalue weighted by atomic mass is 35.5. The van der Waals surface area contributed by atoms with Crippen LogP contribution in [0, 0.1) is 11.7 Å². The first-order valence-electron chi connectivity index (χ1n) is 7.57. The summed E-state index contributed by atoms with van der Waals surface area (Å²) in [5.41, 5.74) is 0.885. The molecule has 1 saturated heterocycles. The lowest BCUT2D eigenvalue weighted by molar-refractivity contribution is -0.124. The Morgan fingerprint density at radius 1 is 1.32 bits per heavy atom. The second-order valence-corrected chi connectivity index (χ2v) is 5.47. The van der Waals surface area contributed by atoms with Crippen LogP contribution in [-0.4, -0.2) is 24.0 Å². The highest BCUT2D eigenvalue weighted by molar-refractivity contribution is 5.85. The SMILES string of the molecule is Cl.Cl.O=C(NCc1ccc(Oc2cccc(F)c2)nc1)C1CCNC1. The van der Waals surface area contributed by atoms with Gasteiger partial charge in [0.2, 0.25) is 11.8 Å². The molecule has 0 spiro atoms. The maximum Gasteiger partial charge on any atom is 0.224 e. The van der Waals surface area contributed by atoms with Gasteiger partial charge in [-0.2, -0.15) is 0 Å².